The fourth-order valence-corrected chi connectivity index (χ4v) is 5.27. The van der Waals surface area contributed by atoms with Crippen molar-refractivity contribution in [2.24, 2.45) is 0 Å². The van der Waals surface area contributed by atoms with Crippen LogP contribution >= 0.6 is 0 Å². The van der Waals surface area contributed by atoms with Gasteiger partial charge in [-0.15, -0.1) is 0 Å². The quantitative estimate of drug-likeness (QED) is 0.298. The zero-order valence-electron chi connectivity index (χ0n) is 24.4. The van der Waals surface area contributed by atoms with Gasteiger partial charge in [0.1, 0.15) is 31.1 Å². The molecule has 0 radical (unpaired) electrons. The maximum absolute atomic E-state index is 13.2. The summed E-state index contributed by atoms with van der Waals surface area (Å²) in [5.41, 5.74) is 1.70. The largest absolute Gasteiger partial charge is 0.497 e. The maximum Gasteiger partial charge on any atom is 0.321 e. The van der Waals surface area contributed by atoms with E-state index >= 15 is 0 Å². The Bertz CT molecular complexity index is 1580. The molecular weight excluding hydrogens is 564 g/mol. The summed E-state index contributed by atoms with van der Waals surface area (Å²) in [6.45, 7) is 2.81. The van der Waals surface area contributed by atoms with Crippen molar-refractivity contribution in [2.75, 3.05) is 56.7 Å². The first-order chi connectivity index (χ1) is 21.6. The number of imidazole rings is 1. The normalized spacial score (nSPS) is 15.9. The lowest BCUT2D eigenvalue weighted by Gasteiger charge is -2.41. The van der Waals surface area contributed by atoms with Crippen LogP contribution in [-0.4, -0.2) is 88.9 Å². The number of nitrogens with zero attached hydrogens (tertiary/aromatic N) is 6. The Labute approximate surface area is 254 Å². The van der Waals surface area contributed by atoms with Crippen LogP contribution in [0.5, 0.6) is 17.2 Å². The molecule has 1 unspecified atom stereocenters. The second-order valence-corrected chi connectivity index (χ2v) is 10.4. The Morgan fingerprint density at radius 1 is 1.02 bits per heavy atom. The summed E-state index contributed by atoms with van der Waals surface area (Å²) in [5.74, 6) is 3.21. The number of ether oxygens (including phenoxy) is 3. The number of hydrogen-bond acceptors (Lipinski definition) is 9. The van der Waals surface area contributed by atoms with Crippen LogP contribution in [0, 0.1) is 0 Å². The molecule has 4 aromatic rings. The van der Waals surface area contributed by atoms with Crippen molar-refractivity contribution < 1.29 is 23.8 Å². The van der Waals surface area contributed by atoms with Crippen LogP contribution < -0.4 is 29.7 Å². The SMILES string of the molecule is COc1ccc(NC(=O)N2CCN(c3ccnc(-n4ccnc4)n3)C(CC(=O)NCCc3ccc4c(c3)OCCO4)C2)cc1. The number of anilines is 2. The molecule has 2 aliphatic rings. The topological polar surface area (TPSA) is 136 Å². The molecule has 228 valence electrons. The number of methoxy groups -OCH3 is 1. The molecule has 0 saturated carbocycles. The monoisotopic (exact) mass is 598 g/mol. The molecule has 0 bridgehead atoms. The number of carbonyl (C=O) groups is 2. The van der Waals surface area contributed by atoms with Gasteiger partial charge in [-0.2, -0.15) is 4.98 Å². The summed E-state index contributed by atoms with van der Waals surface area (Å²) in [5, 5.41) is 6.00. The Balaban J connectivity index is 1.13. The number of rotatable bonds is 9. The van der Waals surface area contributed by atoms with Crippen LogP contribution in [-0.2, 0) is 11.2 Å². The minimum absolute atomic E-state index is 0.112. The highest BCUT2D eigenvalue weighted by Crippen LogP contribution is 2.31. The van der Waals surface area contributed by atoms with Crippen LogP contribution in [0.4, 0.5) is 16.3 Å². The molecule has 1 fully saturated rings. The molecule has 3 amide bonds. The molecule has 1 saturated heterocycles. The van der Waals surface area contributed by atoms with E-state index in [0.29, 0.717) is 69.0 Å². The van der Waals surface area contributed by atoms with Crippen LogP contribution in [0.15, 0.2) is 73.4 Å². The predicted octanol–water partition coefficient (Wildman–Crippen LogP) is 2.91. The molecule has 13 heteroatoms. The average Bonchev–Trinajstić information content (AvgIpc) is 3.61. The molecule has 1 atom stereocenters. The second kappa shape index (κ2) is 13.3. The van der Waals surface area contributed by atoms with Crippen LogP contribution in [0.25, 0.3) is 5.95 Å². The zero-order chi connectivity index (χ0) is 30.3. The summed E-state index contributed by atoms with van der Waals surface area (Å²) in [7, 11) is 1.60. The van der Waals surface area contributed by atoms with Crippen molar-refractivity contribution in [1.29, 1.82) is 0 Å². The highest BCUT2D eigenvalue weighted by Gasteiger charge is 2.32. The maximum atomic E-state index is 13.2. The van der Waals surface area contributed by atoms with Crippen molar-refractivity contribution in [3.05, 3.63) is 79.0 Å². The number of urea groups is 1. The first-order valence-electron chi connectivity index (χ1n) is 14.5. The van der Waals surface area contributed by atoms with Gasteiger partial charge in [-0.1, -0.05) is 6.07 Å². The lowest BCUT2D eigenvalue weighted by molar-refractivity contribution is -0.121. The molecule has 0 spiro atoms. The molecule has 44 heavy (non-hydrogen) atoms. The van der Waals surface area contributed by atoms with Crippen molar-refractivity contribution in [3.63, 3.8) is 0 Å². The molecule has 0 aliphatic carbocycles. The Morgan fingerprint density at radius 2 is 1.86 bits per heavy atom. The van der Waals surface area contributed by atoms with Gasteiger partial charge in [-0.05, 0) is 54.4 Å². The first kappa shape index (κ1) is 28.8. The van der Waals surface area contributed by atoms with Crippen molar-refractivity contribution in [2.45, 2.75) is 18.9 Å². The van der Waals surface area contributed by atoms with E-state index in [4.69, 9.17) is 19.2 Å². The highest BCUT2D eigenvalue weighted by atomic mass is 16.6. The molecule has 6 rings (SSSR count). The second-order valence-electron chi connectivity index (χ2n) is 10.4. The number of amides is 3. The van der Waals surface area contributed by atoms with Gasteiger partial charge in [0.15, 0.2) is 11.5 Å². The van der Waals surface area contributed by atoms with Gasteiger partial charge in [0, 0.05) is 56.9 Å². The number of aromatic nitrogens is 4. The van der Waals surface area contributed by atoms with Gasteiger partial charge in [-0.25, -0.2) is 14.8 Å². The zero-order valence-corrected chi connectivity index (χ0v) is 24.4. The molecule has 2 aliphatic heterocycles. The van der Waals surface area contributed by atoms with E-state index in [-0.39, 0.29) is 24.4 Å². The van der Waals surface area contributed by atoms with E-state index in [1.165, 1.54) is 0 Å². The summed E-state index contributed by atoms with van der Waals surface area (Å²) in [6, 6.07) is 14.3. The fourth-order valence-electron chi connectivity index (χ4n) is 5.27. The first-order valence-corrected chi connectivity index (χ1v) is 14.5. The smallest absolute Gasteiger partial charge is 0.321 e. The molecule has 13 nitrogen and oxygen atoms in total. The Hall–Kier alpha value is -5.33. The molecule has 2 aromatic carbocycles. The van der Waals surface area contributed by atoms with E-state index < -0.39 is 0 Å². The summed E-state index contributed by atoms with van der Waals surface area (Å²) in [4.78, 5) is 43.5. The third-order valence-corrected chi connectivity index (χ3v) is 7.53. The number of piperazine rings is 1. The third-order valence-electron chi connectivity index (χ3n) is 7.53. The van der Waals surface area contributed by atoms with Gasteiger partial charge in [0.05, 0.1) is 13.2 Å². The minimum Gasteiger partial charge on any atom is -0.497 e. The molecule has 2 aromatic heterocycles. The molecule has 4 heterocycles. The lowest BCUT2D eigenvalue weighted by atomic mass is 10.1. The average molecular weight is 599 g/mol. The number of hydrogen-bond donors (Lipinski definition) is 2. The van der Waals surface area contributed by atoms with Gasteiger partial charge in [-0.3, -0.25) is 9.36 Å². The van der Waals surface area contributed by atoms with Crippen molar-refractivity contribution in [1.82, 2.24) is 29.7 Å². The number of nitrogens with one attached hydrogen (secondary N) is 2. The third kappa shape index (κ3) is 6.83. The molecular formula is C31H34N8O5. The van der Waals surface area contributed by atoms with Crippen LogP contribution in [0.1, 0.15) is 12.0 Å². The van der Waals surface area contributed by atoms with Crippen LogP contribution in [0.3, 0.4) is 0 Å². The van der Waals surface area contributed by atoms with E-state index in [2.05, 4.69) is 25.5 Å². The lowest BCUT2D eigenvalue weighted by Crippen LogP contribution is -2.57. The van der Waals surface area contributed by atoms with E-state index in [1.807, 2.05) is 24.3 Å². The van der Waals surface area contributed by atoms with Gasteiger partial charge in [0.25, 0.3) is 0 Å². The summed E-state index contributed by atoms with van der Waals surface area (Å²) >= 11 is 0. The van der Waals surface area contributed by atoms with Crippen molar-refractivity contribution in [3.8, 4) is 23.2 Å². The number of carbonyl (C=O) groups excluding carboxylic acids is 2. The fraction of sp³-hybridized carbons (Fsp3) is 0.323. The van der Waals surface area contributed by atoms with Gasteiger partial charge < -0.3 is 34.6 Å². The van der Waals surface area contributed by atoms with E-state index in [9.17, 15) is 9.59 Å². The number of fused-ring (bicyclic) bond motifs is 1. The van der Waals surface area contributed by atoms with Gasteiger partial charge in [0.2, 0.25) is 11.9 Å². The van der Waals surface area contributed by atoms with E-state index in [1.54, 1.807) is 65.8 Å². The minimum atomic E-state index is -0.315. The van der Waals surface area contributed by atoms with Gasteiger partial charge >= 0.3 is 6.03 Å². The van der Waals surface area contributed by atoms with E-state index in [0.717, 1.165) is 17.1 Å². The Morgan fingerprint density at radius 3 is 2.66 bits per heavy atom. The standard InChI is InChI=1S/C31H34N8O5/c1-42-25-5-3-23(4-6-25)35-31(41)37-14-15-39(28-9-11-34-30(36-28)38-13-12-32-21-38)24(20-37)19-29(40)33-10-8-22-2-7-26-27(18-22)44-17-16-43-26/h2-7,9,11-13,18,21,24H,8,10,14-17,19-20H2,1H3,(H,33,40)(H,35,41). The summed E-state index contributed by atoms with van der Waals surface area (Å²) in [6.07, 6.45) is 7.57. The number of benzene rings is 2. The Kier molecular flexibility index (Phi) is 8.71. The molecule has 2 N–H and O–H groups in total. The predicted molar refractivity (Wildman–Crippen MR) is 163 cm³/mol. The summed E-state index contributed by atoms with van der Waals surface area (Å²) < 4.78 is 18.2. The van der Waals surface area contributed by atoms with Crippen LogP contribution in [0.2, 0.25) is 0 Å². The van der Waals surface area contributed by atoms with Crippen molar-refractivity contribution >= 4 is 23.4 Å². The highest BCUT2D eigenvalue weighted by molar-refractivity contribution is 5.89.